The highest BCUT2D eigenvalue weighted by Gasteiger charge is 2.13. The minimum Gasteiger partial charge on any atom is -0.326 e. The summed E-state index contributed by atoms with van der Waals surface area (Å²) in [6.45, 7) is 2.51. The fourth-order valence-electron chi connectivity index (χ4n) is 2.44. The van der Waals surface area contributed by atoms with Crippen LogP contribution >= 0.6 is 0 Å². The fourth-order valence-corrected chi connectivity index (χ4v) is 2.44. The number of hydrogen-bond acceptors (Lipinski definition) is 2. The molecule has 1 amide bonds. The Balaban J connectivity index is 2.05. The lowest BCUT2D eigenvalue weighted by molar-refractivity contribution is -0.118. The number of rotatable bonds is 5. The summed E-state index contributed by atoms with van der Waals surface area (Å²) in [5.74, 6) is 0.110. The second-order valence-electron chi connectivity index (χ2n) is 5.21. The molecule has 110 valence electrons. The molecule has 0 fully saturated rings. The van der Waals surface area contributed by atoms with Gasteiger partial charge in [-0.2, -0.15) is 0 Å². The Bertz CT molecular complexity index is 622. The lowest BCUT2D eigenvalue weighted by Gasteiger charge is -2.20. The van der Waals surface area contributed by atoms with Crippen molar-refractivity contribution in [1.82, 2.24) is 0 Å². The molecule has 3 nitrogen and oxygen atoms in total. The first kappa shape index (κ1) is 15.3. The fraction of sp³-hybridized carbons (Fsp3) is 0.278. The Morgan fingerprint density at radius 3 is 2.33 bits per heavy atom. The highest BCUT2D eigenvalue weighted by atomic mass is 16.2. The molecule has 3 heteroatoms. The Kier molecular flexibility index (Phi) is 5.12. The average Bonchev–Trinajstić information content (AvgIpc) is 2.53. The van der Waals surface area contributed by atoms with Crippen molar-refractivity contribution >= 4 is 11.6 Å². The minimum absolute atomic E-state index is 0.110. The number of amides is 1. The summed E-state index contributed by atoms with van der Waals surface area (Å²) >= 11 is 0. The Labute approximate surface area is 126 Å². The van der Waals surface area contributed by atoms with E-state index in [0.717, 1.165) is 17.7 Å². The summed E-state index contributed by atoms with van der Waals surface area (Å²) in [6, 6.07) is 16.0. The van der Waals surface area contributed by atoms with Crippen LogP contribution in [0.25, 0.3) is 0 Å². The lowest BCUT2D eigenvalue weighted by atomic mass is 10.0. The summed E-state index contributed by atoms with van der Waals surface area (Å²) in [5.41, 5.74) is 10.1. The van der Waals surface area contributed by atoms with Gasteiger partial charge in [0.05, 0.1) is 0 Å². The van der Waals surface area contributed by atoms with Crippen LogP contribution in [0.4, 0.5) is 5.69 Å². The molecule has 2 aromatic rings. The van der Waals surface area contributed by atoms with E-state index in [0.29, 0.717) is 13.0 Å². The zero-order valence-corrected chi connectivity index (χ0v) is 12.7. The smallest absolute Gasteiger partial charge is 0.227 e. The van der Waals surface area contributed by atoms with Crippen LogP contribution in [0.2, 0.25) is 0 Å². The lowest BCUT2D eigenvalue weighted by Crippen LogP contribution is -2.27. The Hall–Kier alpha value is -2.13. The zero-order valence-electron chi connectivity index (χ0n) is 12.7. The van der Waals surface area contributed by atoms with Gasteiger partial charge in [-0.05, 0) is 36.1 Å². The van der Waals surface area contributed by atoms with Gasteiger partial charge in [-0.25, -0.2) is 0 Å². The number of carbonyl (C=O) groups excluding carboxylic acids is 1. The van der Waals surface area contributed by atoms with Crippen LogP contribution in [-0.2, 0) is 17.8 Å². The standard InChI is InChI=1S/C18H22N2O/c1-14-7-3-4-8-15(14)11-12-18(21)20(2)17-10-6-5-9-16(17)13-19/h3-10H,11-13,19H2,1-2H3. The highest BCUT2D eigenvalue weighted by Crippen LogP contribution is 2.20. The number of nitrogens with two attached hydrogens (primary N) is 1. The number of aryl methyl sites for hydroxylation is 2. The second-order valence-corrected chi connectivity index (χ2v) is 5.21. The van der Waals surface area contributed by atoms with E-state index >= 15 is 0 Å². The van der Waals surface area contributed by atoms with Crippen LogP contribution < -0.4 is 10.6 Å². The third kappa shape index (κ3) is 3.70. The molecule has 2 rings (SSSR count). The maximum atomic E-state index is 12.4. The monoisotopic (exact) mass is 282 g/mol. The van der Waals surface area contributed by atoms with Gasteiger partial charge >= 0.3 is 0 Å². The van der Waals surface area contributed by atoms with Crippen molar-refractivity contribution in [2.24, 2.45) is 5.73 Å². The van der Waals surface area contributed by atoms with Crippen LogP contribution in [0.5, 0.6) is 0 Å². The minimum atomic E-state index is 0.110. The molecule has 0 bridgehead atoms. The number of benzene rings is 2. The molecule has 0 unspecified atom stereocenters. The predicted molar refractivity (Wildman–Crippen MR) is 87.2 cm³/mol. The normalized spacial score (nSPS) is 10.4. The molecule has 0 aliphatic carbocycles. The summed E-state index contributed by atoms with van der Waals surface area (Å²) < 4.78 is 0. The summed E-state index contributed by atoms with van der Waals surface area (Å²) in [7, 11) is 1.81. The van der Waals surface area contributed by atoms with Crippen molar-refractivity contribution < 1.29 is 4.79 Å². The van der Waals surface area contributed by atoms with Crippen LogP contribution in [0.3, 0.4) is 0 Å². The number of anilines is 1. The maximum Gasteiger partial charge on any atom is 0.227 e. The van der Waals surface area contributed by atoms with Crippen molar-refractivity contribution in [2.75, 3.05) is 11.9 Å². The predicted octanol–water partition coefficient (Wildman–Crippen LogP) is 3.05. The maximum absolute atomic E-state index is 12.4. The van der Waals surface area contributed by atoms with E-state index in [1.807, 2.05) is 43.4 Å². The van der Waals surface area contributed by atoms with Crippen molar-refractivity contribution in [3.05, 3.63) is 65.2 Å². The first-order valence-electron chi connectivity index (χ1n) is 7.22. The van der Waals surface area contributed by atoms with E-state index in [9.17, 15) is 4.79 Å². The molecule has 0 radical (unpaired) electrons. The molecule has 2 aromatic carbocycles. The molecule has 0 spiro atoms. The molecular weight excluding hydrogens is 260 g/mol. The molecule has 0 heterocycles. The van der Waals surface area contributed by atoms with Crippen molar-refractivity contribution in [2.45, 2.75) is 26.3 Å². The van der Waals surface area contributed by atoms with Gasteiger partial charge in [0, 0.05) is 25.7 Å². The van der Waals surface area contributed by atoms with E-state index in [-0.39, 0.29) is 5.91 Å². The second kappa shape index (κ2) is 7.04. The molecule has 0 aliphatic rings. The average molecular weight is 282 g/mol. The number of carbonyl (C=O) groups is 1. The topological polar surface area (TPSA) is 46.3 Å². The van der Waals surface area contributed by atoms with Gasteiger partial charge in [-0.15, -0.1) is 0 Å². The SMILES string of the molecule is Cc1ccccc1CCC(=O)N(C)c1ccccc1CN. The molecule has 0 aliphatic heterocycles. The first-order chi connectivity index (χ1) is 10.1. The van der Waals surface area contributed by atoms with E-state index in [1.165, 1.54) is 11.1 Å². The number of nitrogens with zero attached hydrogens (tertiary/aromatic N) is 1. The van der Waals surface area contributed by atoms with Gasteiger partial charge in [0.1, 0.15) is 0 Å². The highest BCUT2D eigenvalue weighted by molar-refractivity contribution is 5.93. The van der Waals surface area contributed by atoms with E-state index in [2.05, 4.69) is 19.1 Å². The molecule has 0 atom stereocenters. The van der Waals surface area contributed by atoms with Crippen molar-refractivity contribution in [3.8, 4) is 0 Å². The summed E-state index contributed by atoms with van der Waals surface area (Å²) in [6.07, 6.45) is 1.26. The molecule has 21 heavy (non-hydrogen) atoms. The van der Waals surface area contributed by atoms with Gasteiger partial charge in [0.25, 0.3) is 0 Å². The van der Waals surface area contributed by atoms with E-state index in [1.54, 1.807) is 4.90 Å². The van der Waals surface area contributed by atoms with E-state index in [4.69, 9.17) is 5.73 Å². The molecule has 2 N–H and O–H groups in total. The van der Waals surface area contributed by atoms with Gasteiger partial charge in [0.2, 0.25) is 5.91 Å². The van der Waals surface area contributed by atoms with E-state index < -0.39 is 0 Å². The molecule has 0 aromatic heterocycles. The number of hydrogen-bond donors (Lipinski definition) is 1. The van der Waals surface area contributed by atoms with Gasteiger partial charge in [-0.3, -0.25) is 4.79 Å². The Morgan fingerprint density at radius 1 is 1.05 bits per heavy atom. The molecule has 0 saturated heterocycles. The van der Waals surface area contributed by atoms with Crippen LogP contribution in [0.1, 0.15) is 23.1 Å². The molecular formula is C18H22N2O. The van der Waals surface area contributed by atoms with Crippen molar-refractivity contribution in [3.63, 3.8) is 0 Å². The molecule has 0 saturated carbocycles. The Morgan fingerprint density at radius 2 is 1.67 bits per heavy atom. The quantitative estimate of drug-likeness (QED) is 0.916. The first-order valence-corrected chi connectivity index (χ1v) is 7.22. The zero-order chi connectivity index (χ0) is 15.2. The summed E-state index contributed by atoms with van der Waals surface area (Å²) in [5, 5.41) is 0. The van der Waals surface area contributed by atoms with Crippen molar-refractivity contribution in [1.29, 1.82) is 0 Å². The van der Waals surface area contributed by atoms with Gasteiger partial charge in [0.15, 0.2) is 0 Å². The van der Waals surface area contributed by atoms with Crippen LogP contribution in [-0.4, -0.2) is 13.0 Å². The number of para-hydroxylation sites is 1. The third-order valence-electron chi connectivity index (χ3n) is 3.82. The van der Waals surface area contributed by atoms with Gasteiger partial charge < -0.3 is 10.6 Å². The summed E-state index contributed by atoms with van der Waals surface area (Å²) in [4.78, 5) is 14.1. The van der Waals surface area contributed by atoms with Crippen LogP contribution in [0, 0.1) is 6.92 Å². The third-order valence-corrected chi connectivity index (χ3v) is 3.82. The van der Waals surface area contributed by atoms with Crippen LogP contribution in [0.15, 0.2) is 48.5 Å². The largest absolute Gasteiger partial charge is 0.326 e. The van der Waals surface area contributed by atoms with Gasteiger partial charge in [-0.1, -0.05) is 42.5 Å².